The van der Waals surface area contributed by atoms with Gasteiger partial charge in [0.2, 0.25) is 0 Å². The Morgan fingerprint density at radius 3 is 2.02 bits per heavy atom. The first-order valence-electron chi connectivity index (χ1n) is 13.2. The van der Waals surface area contributed by atoms with Crippen LogP contribution in [0, 0.1) is 0 Å². The highest BCUT2D eigenvalue weighted by molar-refractivity contribution is 6.40. The van der Waals surface area contributed by atoms with E-state index >= 15 is 0 Å². The van der Waals surface area contributed by atoms with E-state index in [9.17, 15) is 4.79 Å². The number of halogens is 3. The van der Waals surface area contributed by atoms with Gasteiger partial charge in [0.15, 0.2) is 0 Å². The minimum absolute atomic E-state index is 0.269. The van der Waals surface area contributed by atoms with E-state index in [0.29, 0.717) is 27.3 Å². The van der Waals surface area contributed by atoms with Crippen molar-refractivity contribution in [1.82, 2.24) is 20.1 Å². The van der Waals surface area contributed by atoms with Crippen molar-refractivity contribution in [3.63, 3.8) is 0 Å². The summed E-state index contributed by atoms with van der Waals surface area (Å²) in [6.45, 7) is 5.91. The van der Waals surface area contributed by atoms with Crippen LogP contribution in [-0.4, -0.2) is 47.0 Å². The molecule has 0 radical (unpaired) electrons. The number of para-hydroxylation sites is 1. The van der Waals surface area contributed by atoms with Crippen molar-refractivity contribution in [2.45, 2.75) is 19.6 Å². The summed E-state index contributed by atoms with van der Waals surface area (Å²) in [5.74, 6) is 0. The SMILES string of the molecule is O=C1NCc2c(-c3ccccc3Cl)cc(CN3CCN(Cc4ccncc4)CC3)cc2N1c1c(Cl)cccc1Cl. The molecule has 204 valence electrons. The number of fused-ring (bicyclic) bond motifs is 1. The third-order valence-corrected chi connectivity index (χ3v) is 8.44. The summed E-state index contributed by atoms with van der Waals surface area (Å²) < 4.78 is 0. The molecule has 0 spiro atoms. The highest BCUT2D eigenvalue weighted by Gasteiger charge is 2.31. The van der Waals surface area contributed by atoms with Crippen LogP contribution in [0.15, 0.2) is 79.1 Å². The third kappa shape index (κ3) is 5.55. The number of nitrogens with zero attached hydrogens (tertiary/aromatic N) is 4. The number of carbonyl (C=O) groups is 1. The van der Waals surface area contributed by atoms with E-state index in [0.717, 1.165) is 67.2 Å². The summed E-state index contributed by atoms with van der Waals surface area (Å²) >= 11 is 19.9. The molecule has 3 heterocycles. The molecular formula is C31H28Cl3N5O. The van der Waals surface area contributed by atoms with Crippen LogP contribution in [0.3, 0.4) is 0 Å². The van der Waals surface area contributed by atoms with Gasteiger partial charge >= 0.3 is 6.03 Å². The van der Waals surface area contributed by atoms with Gasteiger partial charge in [-0.25, -0.2) is 4.79 Å². The largest absolute Gasteiger partial charge is 0.333 e. The minimum atomic E-state index is -0.269. The number of anilines is 2. The van der Waals surface area contributed by atoms with Crippen LogP contribution >= 0.6 is 34.8 Å². The zero-order chi connectivity index (χ0) is 27.6. The molecule has 0 saturated carbocycles. The molecule has 40 heavy (non-hydrogen) atoms. The number of carbonyl (C=O) groups excluding carboxylic acids is 1. The average molecular weight is 593 g/mol. The number of benzene rings is 3. The van der Waals surface area contributed by atoms with Crippen LogP contribution in [0.25, 0.3) is 11.1 Å². The molecule has 1 saturated heterocycles. The molecule has 0 unspecified atom stereocenters. The second-order valence-corrected chi connectivity index (χ2v) is 11.3. The van der Waals surface area contributed by atoms with Gasteiger partial charge in [0.1, 0.15) is 0 Å². The molecule has 4 aromatic rings. The predicted octanol–water partition coefficient (Wildman–Crippen LogP) is 7.39. The van der Waals surface area contributed by atoms with Crippen molar-refractivity contribution >= 4 is 52.2 Å². The maximum absolute atomic E-state index is 13.3. The summed E-state index contributed by atoms with van der Waals surface area (Å²) in [4.78, 5) is 24.0. The fourth-order valence-electron chi connectivity index (χ4n) is 5.50. The van der Waals surface area contributed by atoms with Gasteiger partial charge in [0.25, 0.3) is 0 Å². The van der Waals surface area contributed by atoms with Gasteiger partial charge in [0.05, 0.1) is 21.4 Å². The Balaban J connectivity index is 1.34. The monoisotopic (exact) mass is 591 g/mol. The summed E-state index contributed by atoms with van der Waals surface area (Å²) in [5.41, 5.74) is 6.49. The number of hydrogen-bond donors (Lipinski definition) is 1. The molecule has 1 aromatic heterocycles. The molecule has 6 rings (SSSR count). The Bertz CT molecular complexity index is 1520. The summed E-state index contributed by atoms with van der Waals surface area (Å²) in [6.07, 6.45) is 3.69. The van der Waals surface area contributed by atoms with Crippen molar-refractivity contribution in [3.8, 4) is 11.1 Å². The van der Waals surface area contributed by atoms with Crippen molar-refractivity contribution in [1.29, 1.82) is 0 Å². The zero-order valence-electron chi connectivity index (χ0n) is 21.8. The Kier molecular flexibility index (Phi) is 7.96. The van der Waals surface area contributed by atoms with Crippen LogP contribution in [0.4, 0.5) is 16.2 Å². The minimum Gasteiger partial charge on any atom is -0.333 e. The maximum atomic E-state index is 13.3. The lowest BCUT2D eigenvalue weighted by Gasteiger charge is -2.36. The number of urea groups is 1. The van der Waals surface area contributed by atoms with Crippen molar-refractivity contribution in [2.75, 3.05) is 31.1 Å². The molecule has 0 aliphatic carbocycles. The van der Waals surface area contributed by atoms with Crippen LogP contribution in [0.1, 0.15) is 16.7 Å². The van der Waals surface area contributed by atoms with E-state index in [1.54, 1.807) is 23.1 Å². The highest BCUT2D eigenvalue weighted by Crippen LogP contribution is 2.44. The average Bonchev–Trinajstić information content (AvgIpc) is 2.95. The van der Waals surface area contributed by atoms with Gasteiger partial charge in [-0.3, -0.25) is 19.7 Å². The molecule has 2 aliphatic rings. The van der Waals surface area contributed by atoms with E-state index in [-0.39, 0.29) is 6.03 Å². The Morgan fingerprint density at radius 1 is 0.725 bits per heavy atom. The first-order chi connectivity index (χ1) is 19.5. The highest BCUT2D eigenvalue weighted by atomic mass is 35.5. The fraction of sp³-hybridized carbons (Fsp3) is 0.226. The number of hydrogen-bond acceptors (Lipinski definition) is 4. The normalized spacial score (nSPS) is 16.1. The number of piperazine rings is 1. The molecule has 1 N–H and O–H groups in total. The van der Waals surface area contributed by atoms with Gasteiger partial charge in [-0.05, 0) is 59.2 Å². The number of rotatable bonds is 6. The van der Waals surface area contributed by atoms with Crippen molar-refractivity contribution in [3.05, 3.63) is 111 Å². The van der Waals surface area contributed by atoms with Crippen LogP contribution in [0.5, 0.6) is 0 Å². The van der Waals surface area contributed by atoms with Crippen LogP contribution in [0.2, 0.25) is 15.1 Å². The second-order valence-electron chi connectivity index (χ2n) is 10.1. The van der Waals surface area contributed by atoms with Crippen LogP contribution in [-0.2, 0) is 19.6 Å². The first-order valence-corrected chi connectivity index (χ1v) is 14.4. The molecule has 2 amide bonds. The van der Waals surface area contributed by atoms with E-state index in [2.05, 4.69) is 44.4 Å². The van der Waals surface area contributed by atoms with E-state index in [4.69, 9.17) is 34.8 Å². The van der Waals surface area contributed by atoms with Gasteiger partial charge in [-0.2, -0.15) is 0 Å². The Labute approximate surface area is 249 Å². The van der Waals surface area contributed by atoms with E-state index in [1.165, 1.54) is 5.56 Å². The molecular weight excluding hydrogens is 565 g/mol. The number of aromatic nitrogens is 1. The number of nitrogens with one attached hydrogen (secondary N) is 1. The van der Waals surface area contributed by atoms with Crippen LogP contribution < -0.4 is 10.2 Å². The van der Waals surface area contributed by atoms with Gasteiger partial charge in [0, 0.05) is 74.4 Å². The lowest BCUT2D eigenvalue weighted by molar-refractivity contribution is 0.122. The number of pyridine rings is 1. The van der Waals surface area contributed by atoms with Gasteiger partial charge in [-0.15, -0.1) is 0 Å². The van der Waals surface area contributed by atoms with Crippen molar-refractivity contribution < 1.29 is 4.79 Å². The molecule has 0 atom stereocenters. The third-order valence-electron chi connectivity index (χ3n) is 7.50. The number of amides is 2. The maximum Gasteiger partial charge on any atom is 0.326 e. The molecule has 2 aliphatic heterocycles. The van der Waals surface area contributed by atoms with Gasteiger partial charge < -0.3 is 5.32 Å². The lowest BCUT2D eigenvalue weighted by Crippen LogP contribution is -2.45. The Hall–Kier alpha value is -3.13. The quantitative estimate of drug-likeness (QED) is 0.254. The molecule has 3 aromatic carbocycles. The smallest absolute Gasteiger partial charge is 0.326 e. The summed E-state index contributed by atoms with van der Waals surface area (Å²) in [7, 11) is 0. The van der Waals surface area contributed by atoms with Crippen molar-refractivity contribution in [2.24, 2.45) is 0 Å². The molecule has 6 nitrogen and oxygen atoms in total. The summed E-state index contributed by atoms with van der Waals surface area (Å²) in [6, 6.07) is 21.2. The van der Waals surface area contributed by atoms with E-state index < -0.39 is 0 Å². The zero-order valence-corrected chi connectivity index (χ0v) is 24.1. The Morgan fingerprint density at radius 2 is 1.35 bits per heavy atom. The van der Waals surface area contributed by atoms with E-state index in [1.807, 2.05) is 36.7 Å². The second kappa shape index (κ2) is 11.8. The fourth-order valence-corrected chi connectivity index (χ4v) is 6.30. The van der Waals surface area contributed by atoms with Gasteiger partial charge in [-0.1, -0.05) is 59.1 Å². The molecule has 0 bridgehead atoms. The lowest BCUT2D eigenvalue weighted by atomic mass is 9.93. The molecule has 1 fully saturated rings. The first kappa shape index (κ1) is 27.1. The molecule has 9 heteroatoms. The summed E-state index contributed by atoms with van der Waals surface area (Å²) in [5, 5.41) is 4.48. The standard InChI is InChI=1S/C31H28Cl3N5O/c32-26-5-2-1-4-23(26)24-16-22(20-38-14-12-37(13-15-38)19-21-8-10-35-11-9-21)17-29-25(24)18-36-31(40)39(29)30-27(33)6-3-7-28(30)34/h1-11,16-17H,12-15,18-20H2,(H,36,40). The topological polar surface area (TPSA) is 51.7 Å². The predicted molar refractivity (Wildman–Crippen MR) is 163 cm³/mol.